The normalized spacial score (nSPS) is 15.5. The van der Waals surface area contributed by atoms with E-state index in [1.165, 1.54) is 0 Å². The van der Waals surface area contributed by atoms with Crippen molar-refractivity contribution in [2.24, 2.45) is 5.41 Å². The summed E-state index contributed by atoms with van der Waals surface area (Å²) in [5, 5.41) is 0. The smallest absolute Gasteiger partial charge is 0.323 e. The van der Waals surface area contributed by atoms with E-state index in [1.807, 2.05) is 0 Å². The molecule has 0 radical (unpaired) electrons. The topological polar surface area (TPSA) is 52.6 Å². The van der Waals surface area contributed by atoms with Crippen molar-refractivity contribution in [2.45, 2.75) is 78.1 Å². The lowest BCUT2D eigenvalue weighted by atomic mass is 10.1. The second-order valence-electron chi connectivity index (χ2n) is 5.98. The van der Waals surface area contributed by atoms with E-state index < -0.39 is 5.41 Å². The fraction of sp³-hybridized carbons (Fsp3) is 0.882. The minimum absolute atomic E-state index is 0.377. The van der Waals surface area contributed by atoms with Gasteiger partial charge in [0.2, 0.25) is 0 Å². The van der Waals surface area contributed by atoms with Crippen molar-refractivity contribution in [1.82, 2.24) is 0 Å². The second kappa shape index (κ2) is 9.80. The Morgan fingerprint density at radius 1 is 0.762 bits per heavy atom. The van der Waals surface area contributed by atoms with Gasteiger partial charge in [-0.15, -0.1) is 0 Å². The lowest BCUT2D eigenvalue weighted by Gasteiger charge is -2.14. The fourth-order valence-electron chi connectivity index (χ4n) is 2.28. The molecule has 0 aromatic rings. The molecule has 0 amide bonds. The molecule has 0 saturated heterocycles. The van der Waals surface area contributed by atoms with Crippen molar-refractivity contribution < 1.29 is 19.1 Å². The van der Waals surface area contributed by atoms with Crippen LogP contribution >= 0.6 is 0 Å². The summed E-state index contributed by atoms with van der Waals surface area (Å²) in [5.74, 6) is -0.755. The molecular weight excluding hydrogens is 268 g/mol. The van der Waals surface area contributed by atoms with E-state index in [-0.39, 0.29) is 11.9 Å². The number of hydrogen-bond acceptors (Lipinski definition) is 4. The van der Waals surface area contributed by atoms with Gasteiger partial charge >= 0.3 is 11.9 Å². The van der Waals surface area contributed by atoms with Crippen LogP contribution in [0.4, 0.5) is 0 Å². The van der Waals surface area contributed by atoms with Gasteiger partial charge in [-0.05, 0) is 25.7 Å². The Morgan fingerprint density at radius 2 is 1.19 bits per heavy atom. The number of ether oxygens (including phenoxy) is 2. The molecule has 122 valence electrons. The largest absolute Gasteiger partial charge is 0.465 e. The highest BCUT2D eigenvalue weighted by molar-refractivity contribution is 6.03. The molecule has 1 aliphatic carbocycles. The maximum Gasteiger partial charge on any atom is 0.323 e. The number of esters is 2. The summed E-state index contributed by atoms with van der Waals surface area (Å²) in [6, 6.07) is 0. The zero-order valence-electron chi connectivity index (χ0n) is 13.6. The van der Waals surface area contributed by atoms with E-state index >= 15 is 0 Å². The fourth-order valence-corrected chi connectivity index (χ4v) is 2.28. The van der Waals surface area contributed by atoms with Crippen LogP contribution < -0.4 is 0 Å². The number of unbranched alkanes of at least 4 members (excludes halogenated alkanes) is 6. The van der Waals surface area contributed by atoms with Crippen molar-refractivity contribution in [2.75, 3.05) is 13.2 Å². The average molecular weight is 298 g/mol. The van der Waals surface area contributed by atoms with Crippen LogP contribution in [0.25, 0.3) is 0 Å². The summed E-state index contributed by atoms with van der Waals surface area (Å²) < 4.78 is 10.5. The van der Waals surface area contributed by atoms with Gasteiger partial charge in [-0.3, -0.25) is 9.59 Å². The van der Waals surface area contributed by atoms with Crippen molar-refractivity contribution in [3.63, 3.8) is 0 Å². The zero-order chi connectivity index (χ0) is 15.6. The van der Waals surface area contributed by atoms with Crippen LogP contribution in [0.2, 0.25) is 0 Å². The number of rotatable bonds is 12. The molecule has 4 heteroatoms. The predicted octanol–water partition coefficient (Wildman–Crippen LogP) is 4.01. The van der Waals surface area contributed by atoms with E-state index in [0.29, 0.717) is 26.1 Å². The lowest BCUT2D eigenvalue weighted by molar-refractivity contribution is -0.164. The molecule has 1 saturated carbocycles. The minimum atomic E-state index is -0.963. The maximum atomic E-state index is 12.0. The van der Waals surface area contributed by atoms with Crippen molar-refractivity contribution >= 4 is 11.9 Å². The zero-order valence-corrected chi connectivity index (χ0v) is 13.6. The van der Waals surface area contributed by atoms with E-state index in [9.17, 15) is 9.59 Å². The molecule has 0 bridgehead atoms. The molecular formula is C17H30O4. The maximum absolute atomic E-state index is 12.0. The SMILES string of the molecule is CCCCCCOC(=O)C1(C(=O)OCCCCCC)CC1. The molecule has 1 fully saturated rings. The second-order valence-corrected chi connectivity index (χ2v) is 5.98. The predicted molar refractivity (Wildman–Crippen MR) is 81.9 cm³/mol. The van der Waals surface area contributed by atoms with Gasteiger partial charge in [0.15, 0.2) is 5.41 Å². The first-order chi connectivity index (χ1) is 10.2. The standard InChI is InChI=1S/C17H30O4/c1-3-5-7-9-13-20-15(18)17(11-12-17)16(19)21-14-10-8-6-4-2/h3-14H2,1-2H3. The average Bonchev–Trinajstić information content (AvgIpc) is 3.28. The molecule has 0 spiro atoms. The molecule has 0 N–H and O–H groups in total. The van der Waals surface area contributed by atoms with Crippen molar-refractivity contribution in [1.29, 1.82) is 0 Å². The van der Waals surface area contributed by atoms with Crippen LogP contribution in [0, 0.1) is 5.41 Å². The third-order valence-corrected chi connectivity index (χ3v) is 3.99. The summed E-state index contributed by atoms with van der Waals surface area (Å²) in [4.78, 5) is 24.0. The van der Waals surface area contributed by atoms with E-state index in [0.717, 1.165) is 51.4 Å². The van der Waals surface area contributed by atoms with Gasteiger partial charge in [-0.25, -0.2) is 0 Å². The highest BCUT2D eigenvalue weighted by atomic mass is 16.6. The minimum Gasteiger partial charge on any atom is -0.465 e. The summed E-state index contributed by atoms with van der Waals surface area (Å²) in [6.45, 7) is 5.12. The van der Waals surface area contributed by atoms with Crippen LogP contribution in [0.5, 0.6) is 0 Å². The summed E-state index contributed by atoms with van der Waals surface area (Å²) in [7, 11) is 0. The highest BCUT2D eigenvalue weighted by Gasteiger charge is 2.59. The Hall–Kier alpha value is -1.06. The van der Waals surface area contributed by atoms with E-state index in [2.05, 4.69) is 13.8 Å². The lowest BCUT2D eigenvalue weighted by Crippen LogP contribution is -2.30. The van der Waals surface area contributed by atoms with Crippen LogP contribution in [0.1, 0.15) is 78.1 Å². The molecule has 0 atom stereocenters. The first kappa shape index (κ1) is 18.0. The van der Waals surface area contributed by atoms with Crippen LogP contribution in [0.3, 0.4) is 0 Å². The van der Waals surface area contributed by atoms with Gasteiger partial charge in [0, 0.05) is 0 Å². The van der Waals surface area contributed by atoms with Gasteiger partial charge < -0.3 is 9.47 Å². The van der Waals surface area contributed by atoms with E-state index in [4.69, 9.17) is 9.47 Å². The summed E-state index contributed by atoms with van der Waals surface area (Å²) in [6.07, 6.45) is 9.67. The molecule has 0 aromatic heterocycles. The first-order valence-corrected chi connectivity index (χ1v) is 8.52. The molecule has 0 aliphatic heterocycles. The number of hydrogen-bond donors (Lipinski definition) is 0. The third kappa shape index (κ3) is 6.06. The third-order valence-electron chi connectivity index (χ3n) is 3.99. The molecule has 1 aliphatic rings. The van der Waals surface area contributed by atoms with Gasteiger partial charge in [0.25, 0.3) is 0 Å². The molecule has 0 heterocycles. The summed E-state index contributed by atoms with van der Waals surface area (Å²) in [5.41, 5.74) is -0.963. The van der Waals surface area contributed by atoms with Crippen molar-refractivity contribution in [3.8, 4) is 0 Å². The first-order valence-electron chi connectivity index (χ1n) is 8.52. The van der Waals surface area contributed by atoms with Crippen molar-refractivity contribution in [3.05, 3.63) is 0 Å². The van der Waals surface area contributed by atoms with Crippen LogP contribution in [-0.4, -0.2) is 25.2 Å². The molecule has 4 nitrogen and oxygen atoms in total. The Kier molecular flexibility index (Phi) is 8.40. The molecule has 21 heavy (non-hydrogen) atoms. The number of carbonyl (C=O) groups excluding carboxylic acids is 2. The van der Waals surface area contributed by atoms with Gasteiger partial charge in [-0.1, -0.05) is 52.4 Å². The quantitative estimate of drug-likeness (QED) is 0.310. The Balaban J connectivity index is 2.19. The molecule has 0 aromatic carbocycles. The highest BCUT2D eigenvalue weighted by Crippen LogP contribution is 2.48. The Bertz CT molecular complexity index is 293. The monoisotopic (exact) mass is 298 g/mol. The number of carbonyl (C=O) groups is 2. The Labute approximate surface area is 128 Å². The van der Waals surface area contributed by atoms with Gasteiger partial charge in [0.05, 0.1) is 13.2 Å². The Morgan fingerprint density at radius 3 is 1.52 bits per heavy atom. The molecule has 1 rings (SSSR count). The van der Waals surface area contributed by atoms with Crippen LogP contribution in [-0.2, 0) is 19.1 Å². The molecule has 0 unspecified atom stereocenters. The van der Waals surface area contributed by atoms with E-state index in [1.54, 1.807) is 0 Å². The summed E-state index contributed by atoms with van der Waals surface area (Å²) >= 11 is 0. The van der Waals surface area contributed by atoms with Crippen LogP contribution in [0.15, 0.2) is 0 Å². The van der Waals surface area contributed by atoms with Gasteiger partial charge in [0.1, 0.15) is 0 Å². The van der Waals surface area contributed by atoms with Gasteiger partial charge in [-0.2, -0.15) is 0 Å².